The van der Waals surface area contributed by atoms with Gasteiger partial charge in [0, 0.05) is 21.6 Å². The molecule has 0 radical (unpaired) electrons. The van der Waals surface area contributed by atoms with Gasteiger partial charge in [-0.2, -0.15) is 0 Å². The van der Waals surface area contributed by atoms with Crippen LogP contribution in [-0.2, 0) is 17.9 Å². The van der Waals surface area contributed by atoms with Gasteiger partial charge in [-0.15, -0.1) is 0 Å². The number of hydrogen-bond acceptors (Lipinski definition) is 4. The minimum absolute atomic E-state index is 0.288. The molecule has 2 rings (SSSR count). The zero-order valence-electron chi connectivity index (χ0n) is 15.8. The summed E-state index contributed by atoms with van der Waals surface area (Å²) >= 11 is 9.67. The zero-order chi connectivity index (χ0) is 20.0. The van der Waals surface area contributed by atoms with Crippen molar-refractivity contribution >= 4 is 33.6 Å². The SMILES string of the molecule is COc1cc(CNC(=O)OC(C)(C)C)c(Br)cc1OCc1ccccc1Cl. The summed E-state index contributed by atoms with van der Waals surface area (Å²) in [5.74, 6) is 1.14. The van der Waals surface area contributed by atoms with Crippen LogP contribution in [0, 0.1) is 0 Å². The molecule has 1 N–H and O–H groups in total. The minimum atomic E-state index is -0.546. The van der Waals surface area contributed by atoms with Crippen LogP contribution in [0.15, 0.2) is 40.9 Å². The van der Waals surface area contributed by atoms with Gasteiger partial charge >= 0.3 is 6.09 Å². The van der Waals surface area contributed by atoms with Gasteiger partial charge in [-0.05, 0) is 44.5 Å². The molecule has 2 aromatic carbocycles. The van der Waals surface area contributed by atoms with E-state index in [0.717, 1.165) is 15.6 Å². The van der Waals surface area contributed by atoms with Gasteiger partial charge in [0.1, 0.15) is 12.2 Å². The van der Waals surface area contributed by atoms with Gasteiger partial charge in [0.15, 0.2) is 11.5 Å². The van der Waals surface area contributed by atoms with Crippen molar-refractivity contribution in [3.63, 3.8) is 0 Å². The van der Waals surface area contributed by atoms with Crippen molar-refractivity contribution in [2.75, 3.05) is 7.11 Å². The van der Waals surface area contributed by atoms with Crippen LogP contribution in [0.3, 0.4) is 0 Å². The molecule has 0 atom stereocenters. The molecule has 0 aromatic heterocycles. The second kappa shape index (κ2) is 9.33. The fourth-order valence-electron chi connectivity index (χ4n) is 2.24. The van der Waals surface area contributed by atoms with E-state index in [4.69, 9.17) is 25.8 Å². The van der Waals surface area contributed by atoms with Crippen molar-refractivity contribution < 1.29 is 19.0 Å². The average Bonchev–Trinajstić information content (AvgIpc) is 2.58. The minimum Gasteiger partial charge on any atom is -0.493 e. The van der Waals surface area contributed by atoms with Crippen LogP contribution < -0.4 is 14.8 Å². The topological polar surface area (TPSA) is 56.8 Å². The van der Waals surface area contributed by atoms with Crippen molar-refractivity contribution in [1.82, 2.24) is 5.32 Å². The first-order valence-corrected chi connectivity index (χ1v) is 9.56. The maximum absolute atomic E-state index is 11.8. The fourth-order valence-corrected chi connectivity index (χ4v) is 2.89. The number of carbonyl (C=O) groups excluding carboxylic acids is 1. The lowest BCUT2D eigenvalue weighted by Gasteiger charge is -2.20. The van der Waals surface area contributed by atoms with Crippen LogP contribution in [0.25, 0.3) is 0 Å². The average molecular weight is 457 g/mol. The van der Waals surface area contributed by atoms with Gasteiger partial charge in [-0.25, -0.2) is 4.79 Å². The Bertz CT molecular complexity index is 805. The summed E-state index contributed by atoms with van der Waals surface area (Å²) in [6, 6.07) is 11.1. The molecule has 0 spiro atoms. The highest BCUT2D eigenvalue weighted by molar-refractivity contribution is 9.10. The highest BCUT2D eigenvalue weighted by Crippen LogP contribution is 2.34. The molecule has 0 heterocycles. The van der Waals surface area contributed by atoms with Gasteiger partial charge < -0.3 is 19.5 Å². The molecule has 0 fully saturated rings. The second-order valence-electron chi connectivity index (χ2n) is 6.83. The highest BCUT2D eigenvalue weighted by atomic mass is 79.9. The van der Waals surface area contributed by atoms with E-state index in [1.165, 1.54) is 0 Å². The third-order valence-electron chi connectivity index (χ3n) is 3.50. The molecule has 5 nitrogen and oxygen atoms in total. The zero-order valence-corrected chi connectivity index (χ0v) is 18.1. The summed E-state index contributed by atoms with van der Waals surface area (Å²) in [5.41, 5.74) is 1.17. The predicted octanol–water partition coefficient (Wildman–Crippen LogP) is 5.71. The molecule has 0 saturated heterocycles. The maximum Gasteiger partial charge on any atom is 0.407 e. The molecule has 0 saturated carbocycles. The van der Waals surface area contributed by atoms with E-state index in [-0.39, 0.29) is 6.54 Å². The van der Waals surface area contributed by atoms with Gasteiger partial charge in [0.25, 0.3) is 0 Å². The molecular weight excluding hydrogens is 434 g/mol. The lowest BCUT2D eigenvalue weighted by Crippen LogP contribution is -2.32. The lowest BCUT2D eigenvalue weighted by molar-refractivity contribution is 0.0523. The maximum atomic E-state index is 11.8. The summed E-state index contributed by atoms with van der Waals surface area (Å²) in [6.07, 6.45) is -0.479. The monoisotopic (exact) mass is 455 g/mol. The first-order valence-electron chi connectivity index (χ1n) is 8.39. The smallest absolute Gasteiger partial charge is 0.407 e. The van der Waals surface area contributed by atoms with Crippen molar-refractivity contribution in [2.45, 2.75) is 39.5 Å². The fraction of sp³-hybridized carbons (Fsp3) is 0.350. The highest BCUT2D eigenvalue weighted by Gasteiger charge is 2.17. The number of carbonyl (C=O) groups is 1. The van der Waals surface area contributed by atoms with E-state index in [1.807, 2.05) is 57.2 Å². The molecule has 2 aromatic rings. The van der Waals surface area contributed by atoms with Gasteiger partial charge in [-0.1, -0.05) is 45.7 Å². The Morgan fingerprint density at radius 3 is 2.48 bits per heavy atom. The van der Waals surface area contributed by atoms with Crippen molar-refractivity contribution in [2.24, 2.45) is 0 Å². The number of nitrogens with one attached hydrogen (secondary N) is 1. The van der Waals surface area contributed by atoms with Gasteiger partial charge in [0.2, 0.25) is 0 Å². The van der Waals surface area contributed by atoms with Crippen LogP contribution in [0.1, 0.15) is 31.9 Å². The first kappa shape index (κ1) is 21.4. The number of alkyl carbamates (subject to hydrolysis) is 1. The summed E-state index contributed by atoms with van der Waals surface area (Å²) in [5, 5.41) is 3.37. The van der Waals surface area contributed by atoms with E-state index < -0.39 is 11.7 Å². The molecule has 146 valence electrons. The third-order valence-corrected chi connectivity index (χ3v) is 4.60. The Morgan fingerprint density at radius 2 is 1.85 bits per heavy atom. The largest absolute Gasteiger partial charge is 0.493 e. The summed E-state index contributed by atoms with van der Waals surface area (Å²) in [4.78, 5) is 11.8. The molecule has 0 aliphatic heterocycles. The molecule has 0 unspecified atom stereocenters. The number of halogens is 2. The quantitative estimate of drug-likeness (QED) is 0.604. The molecule has 0 aliphatic rings. The molecule has 0 aliphatic carbocycles. The number of benzene rings is 2. The van der Waals surface area contributed by atoms with Crippen LogP contribution in [0.5, 0.6) is 11.5 Å². The molecule has 1 amide bonds. The summed E-state index contributed by atoms with van der Waals surface area (Å²) in [6.45, 7) is 6.05. The van der Waals surface area contributed by atoms with Crippen molar-refractivity contribution in [3.8, 4) is 11.5 Å². The van der Waals surface area contributed by atoms with Crippen LogP contribution in [0.2, 0.25) is 5.02 Å². The first-order chi connectivity index (χ1) is 12.7. The Hall–Kier alpha value is -1.92. The third kappa shape index (κ3) is 6.63. The molecular formula is C20H23BrClNO4. The number of methoxy groups -OCH3 is 1. The van der Waals surface area contributed by atoms with Gasteiger partial charge in [0.05, 0.1) is 7.11 Å². The Labute approximate surface area is 173 Å². The Kier molecular flexibility index (Phi) is 7.39. The Morgan fingerprint density at radius 1 is 1.15 bits per heavy atom. The number of hydrogen-bond donors (Lipinski definition) is 1. The van der Waals surface area contributed by atoms with Crippen LogP contribution in [0.4, 0.5) is 4.79 Å². The van der Waals surface area contributed by atoms with Crippen molar-refractivity contribution in [1.29, 1.82) is 0 Å². The molecule has 7 heteroatoms. The standard InChI is InChI=1S/C20H23BrClNO4/c1-20(2,3)27-19(24)23-11-14-9-17(25-4)18(10-15(14)21)26-12-13-7-5-6-8-16(13)22/h5-10H,11-12H2,1-4H3,(H,23,24). The normalized spacial score (nSPS) is 11.0. The second-order valence-corrected chi connectivity index (χ2v) is 8.09. The van der Waals surface area contributed by atoms with E-state index in [2.05, 4.69) is 21.2 Å². The molecule has 0 bridgehead atoms. The summed E-state index contributed by atoms with van der Waals surface area (Å²) < 4.78 is 17.3. The summed E-state index contributed by atoms with van der Waals surface area (Å²) in [7, 11) is 1.57. The number of amides is 1. The van der Waals surface area contributed by atoms with E-state index in [9.17, 15) is 4.79 Å². The van der Waals surface area contributed by atoms with E-state index in [1.54, 1.807) is 7.11 Å². The van der Waals surface area contributed by atoms with Crippen molar-refractivity contribution in [3.05, 3.63) is 57.0 Å². The number of ether oxygens (including phenoxy) is 3. The lowest BCUT2D eigenvalue weighted by atomic mass is 10.2. The van der Waals surface area contributed by atoms with E-state index in [0.29, 0.717) is 23.1 Å². The predicted molar refractivity (Wildman–Crippen MR) is 110 cm³/mol. The van der Waals surface area contributed by atoms with E-state index >= 15 is 0 Å². The number of rotatable bonds is 6. The van der Waals surface area contributed by atoms with Gasteiger partial charge in [-0.3, -0.25) is 0 Å². The van der Waals surface area contributed by atoms with Crippen LogP contribution >= 0.6 is 27.5 Å². The Balaban J connectivity index is 2.07. The molecule has 27 heavy (non-hydrogen) atoms. The van der Waals surface area contributed by atoms with Crippen LogP contribution in [-0.4, -0.2) is 18.8 Å².